The first-order valence-electron chi connectivity index (χ1n) is 9.07. The minimum Gasteiger partial charge on any atom is -0.342 e. The maximum absolute atomic E-state index is 12.9. The van der Waals surface area contributed by atoms with E-state index in [9.17, 15) is 9.59 Å². The highest BCUT2D eigenvalue weighted by molar-refractivity contribution is 5.88. The van der Waals surface area contributed by atoms with Gasteiger partial charge in [-0.2, -0.15) is 5.10 Å². The molecule has 26 heavy (non-hydrogen) atoms. The zero-order valence-electron chi connectivity index (χ0n) is 15.0. The van der Waals surface area contributed by atoms with E-state index in [4.69, 9.17) is 0 Å². The molecule has 2 fully saturated rings. The van der Waals surface area contributed by atoms with Gasteiger partial charge in [0, 0.05) is 25.5 Å². The molecule has 0 bridgehead atoms. The highest BCUT2D eigenvalue weighted by Gasteiger charge is 2.31. The molecule has 2 saturated heterocycles. The number of benzene rings is 1. The summed E-state index contributed by atoms with van der Waals surface area (Å²) in [6, 6.07) is 7.41. The standard InChI is InChI=1S/C19H24N4O2.ClH/c1-22-19(25)16-5-3-2-4-15(16)17(21-22)10-18(24)23-8-6-13-11-20-12-14(13)7-9-23;/h2-5,13-14,20H,6-12H2,1H3;1H/t13-,14+;. The van der Waals surface area contributed by atoms with Crippen LogP contribution in [0.4, 0.5) is 0 Å². The van der Waals surface area contributed by atoms with E-state index in [2.05, 4.69) is 10.4 Å². The molecular formula is C19H25ClN4O2. The molecule has 0 radical (unpaired) electrons. The number of nitrogens with zero attached hydrogens (tertiary/aromatic N) is 3. The van der Waals surface area contributed by atoms with Gasteiger partial charge in [-0.1, -0.05) is 18.2 Å². The first kappa shape index (κ1) is 18.9. The summed E-state index contributed by atoms with van der Waals surface area (Å²) in [6.07, 6.45) is 2.40. The van der Waals surface area contributed by atoms with Crippen LogP contribution < -0.4 is 10.9 Å². The van der Waals surface area contributed by atoms with Crippen molar-refractivity contribution in [2.75, 3.05) is 26.2 Å². The van der Waals surface area contributed by atoms with Crippen LogP contribution in [0.25, 0.3) is 10.8 Å². The first-order valence-corrected chi connectivity index (χ1v) is 9.07. The van der Waals surface area contributed by atoms with Crippen molar-refractivity contribution in [3.05, 3.63) is 40.3 Å². The van der Waals surface area contributed by atoms with Crippen molar-refractivity contribution in [1.29, 1.82) is 0 Å². The molecular weight excluding hydrogens is 352 g/mol. The normalized spacial score (nSPS) is 22.6. The second kappa shape index (κ2) is 7.76. The number of carbonyl (C=O) groups excluding carboxylic acids is 1. The summed E-state index contributed by atoms with van der Waals surface area (Å²) in [5, 5.41) is 9.24. The number of aromatic nitrogens is 2. The molecule has 2 aliphatic heterocycles. The Morgan fingerprint density at radius 1 is 1.15 bits per heavy atom. The molecule has 1 amide bonds. The minimum atomic E-state index is -0.123. The Kier molecular flexibility index (Phi) is 5.63. The van der Waals surface area contributed by atoms with Crippen LogP contribution in [0.2, 0.25) is 0 Å². The molecule has 1 N–H and O–H groups in total. The lowest BCUT2D eigenvalue weighted by molar-refractivity contribution is -0.130. The van der Waals surface area contributed by atoms with Gasteiger partial charge in [0.1, 0.15) is 0 Å². The van der Waals surface area contributed by atoms with Gasteiger partial charge >= 0.3 is 0 Å². The highest BCUT2D eigenvalue weighted by atomic mass is 35.5. The monoisotopic (exact) mass is 376 g/mol. The molecule has 3 heterocycles. The summed E-state index contributed by atoms with van der Waals surface area (Å²) >= 11 is 0. The van der Waals surface area contributed by atoms with Crippen LogP contribution in [0.15, 0.2) is 29.1 Å². The summed E-state index contributed by atoms with van der Waals surface area (Å²) in [5.74, 6) is 1.52. The SMILES string of the molecule is Cl.Cn1nc(CC(=O)N2CC[C@@H]3CNC[C@@H]3CC2)c2ccccc2c1=O. The molecule has 0 spiro atoms. The molecule has 1 aromatic heterocycles. The van der Waals surface area contributed by atoms with Crippen LogP contribution in [0, 0.1) is 11.8 Å². The molecule has 0 aliphatic carbocycles. The molecule has 6 nitrogen and oxygen atoms in total. The fourth-order valence-corrected chi connectivity index (χ4v) is 4.23. The Morgan fingerprint density at radius 3 is 2.42 bits per heavy atom. The van der Waals surface area contributed by atoms with E-state index in [1.807, 2.05) is 23.1 Å². The molecule has 2 atom stereocenters. The lowest BCUT2D eigenvalue weighted by Crippen LogP contribution is -2.34. The predicted octanol–water partition coefficient (Wildman–Crippen LogP) is 1.36. The van der Waals surface area contributed by atoms with Crippen molar-refractivity contribution >= 4 is 29.1 Å². The maximum atomic E-state index is 12.9. The minimum absolute atomic E-state index is 0. The maximum Gasteiger partial charge on any atom is 0.274 e. The molecule has 0 saturated carbocycles. The van der Waals surface area contributed by atoms with E-state index in [0.29, 0.717) is 22.9 Å². The summed E-state index contributed by atoms with van der Waals surface area (Å²) in [7, 11) is 1.64. The Balaban J connectivity index is 0.00000196. The average Bonchev–Trinajstić information content (AvgIpc) is 2.97. The van der Waals surface area contributed by atoms with Gasteiger partial charge in [0.05, 0.1) is 17.5 Å². The van der Waals surface area contributed by atoms with Crippen LogP contribution in [-0.4, -0.2) is 46.8 Å². The Hall–Kier alpha value is -1.92. The van der Waals surface area contributed by atoms with Gasteiger partial charge in [0.15, 0.2) is 0 Å². The van der Waals surface area contributed by atoms with Gasteiger partial charge in [-0.15, -0.1) is 12.4 Å². The lowest BCUT2D eigenvalue weighted by atomic mass is 9.92. The van der Waals surface area contributed by atoms with Crippen LogP contribution in [0.1, 0.15) is 18.5 Å². The molecule has 2 aliphatic rings. The topological polar surface area (TPSA) is 67.2 Å². The van der Waals surface area contributed by atoms with Crippen molar-refractivity contribution in [2.45, 2.75) is 19.3 Å². The van der Waals surface area contributed by atoms with E-state index in [1.165, 1.54) is 4.68 Å². The van der Waals surface area contributed by atoms with E-state index in [-0.39, 0.29) is 30.3 Å². The van der Waals surface area contributed by atoms with Gasteiger partial charge in [-0.05, 0) is 43.8 Å². The summed E-state index contributed by atoms with van der Waals surface area (Å²) in [6.45, 7) is 3.82. The van der Waals surface area contributed by atoms with Gasteiger partial charge < -0.3 is 10.2 Å². The van der Waals surface area contributed by atoms with Crippen LogP contribution in [0.3, 0.4) is 0 Å². The first-order chi connectivity index (χ1) is 12.1. The number of hydrogen-bond donors (Lipinski definition) is 1. The smallest absolute Gasteiger partial charge is 0.274 e. The van der Waals surface area contributed by atoms with E-state index >= 15 is 0 Å². The second-order valence-electron chi connectivity index (χ2n) is 7.23. The number of rotatable bonds is 2. The van der Waals surface area contributed by atoms with E-state index in [0.717, 1.165) is 44.4 Å². The van der Waals surface area contributed by atoms with Crippen LogP contribution >= 0.6 is 12.4 Å². The van der Waals surface area contributed by atoms with E-state index in [1.54, 1.807) is 13.1 Å². The Morgan fingerprint density at radius 2 is 1.77 bits per heavy atom. The number of nitrogens with one attached hydrogen (secondary N) is 1. The summed E-state index contributed by atoms with van der Waals surface area (Å²) in [4.78, 5) is 27.1. The third-order valence-electron chi connectivity index (χ3n) is 5.72. The van der Waals surface area contributed by atoms with Gasteiger partial charge in [-0.25, -0.2) is 4.68 Å². The third kappa shape index (κ3) is 3.48. The summed E-state index contributed by atoms with van der Waals surface area (Å²) < 4.78 is 1.34. The quantitative estimate of drug-likeness (QED) is 0.859. The second-order valence-corrected chi connectivity index (χ2v) is 7.23. The van der Waals surface area contributed by atoms with Gasteiger partial charge in [0.25, 0.3) is 5.56 Å². The molecule has 140 valence electrons. The summed E-state index contributed by atoms with van der Waals surface area (Å²) in [5.41, 5.74) is 0.565. The largest absolute Gasteiger partial charge is 0.342 e. The average molecular weight is 377 g/mol. The van der Waals surface area contributed by atoms with Crippen LogP contribution in [-0.2, 0) is 18.3 Å². The van der Waals surface area contributed by atoms with Crippen molar-refractivity contribution in [3.8, 4) is 0 Å². The van der Waals surface area contributed by atoms with Gasteiger partial charge in [-0.3, -0.25) is 9.59 Å². The zero-order chi connectivity index (χ0) is 17.4. The number of carbonyl (C=O) groups is 1. The molecule has 4 rings (SSSR count). The lowest BCUT2D eigenvalue weighted by Gasteiger charge is -2.21. The number of aryl methyl sites for hydroxylation is 1. The number of fused-ring (bicyclic) bond motifs is 2. The number of halogens is 1. The number of hydrogen-bond acceptors (Lipinski definition) is 4. The highest BCUT2D eigenvalue weighted by Crippen LogP contribution is 2.27. The number of amides is 1. The molecule has 0 unspecified atom stereocenters. The van der Waals surface area contributed by atoms with Crippen molar-refractivity contribution in [3.63, 3.8) is 0 Å². The van der Waals surface area contributed by atoms with Crippen molar-refractivity contribution < 1.29 is 4.79 Å². The fraction of sp³-hybridized carbons (Fsp3) is 0.526. The predicted molar refractivity (Wildman–Crippen MR) is 104 cm³/mol. The van der Waals surface area contributed by atoms with Crippen molar-refractivity contribution in [1.82, 2.24) is 20.0 Å². The molecule has 2 aromatic rings. The zero-order valence-corrected chi connectivity index (χ0v) is 15.8. The van der Waals surface area contributed by atoms with Crippen molar-refractivity contribution in [2.24, 2.45) is 18.9 Å². The molecule has 7 heteroatoms. The fourth-order valence-electron chi connectivity index (χ4n) is 4.23. The Bertz CT molecular complexity index is 852. The molecule has 1 aromatic carbocycles. The third-order valence-corrected chi connectivity index (χ3v) is 5.72. The van der Waals surface area contributed by atoms with Crippen LogP contribution in [0.5, 0.6) is 0 Å². The number of likely N-dealkylation sites (tertiary alicyclic amines) is 1. The Labute approximate surface area is 159 Å². The van der Waals surface area contributed by atoms with Gasteiger partial charge in [0.2, 0.25) is 5.91 Å². The van der Waals surface area contributed by atoms with E-state index < -0.39 is 0 Å².